The number of nitrogens with zero attached hydrogens (tertiary/aromatic N) is 5. The molecule has 0 radical (unpaired) electrons. The van der Waals surface area contributed by atoms with E-state index in [1.807, 2.05) is 36.8 Å². The maximum atomic E-state index is 14.0. The lowest BCUT2D eigenvalue weighted by molar-refractivity contribution is 0.399. The highest BCUT2D eigenvalue weighted by Gasteiger charge is 2.14. The normalized spacial score (nSPS) is 11.5. The maximum Gasteiger partial charge on any atom is 0.258 e. The highest BCUT2D eigenvalue weighted by atomic mass is 19.1. The van der Waals surface area contributed by atoms with Gasteiger partial charge in [0.05, 0.1) is 12.8 Å². The molecule has 4 rings (SSSR count). The average Bonchev–Trinajstić information content (AvgIpc) is 3.09. The van der Waals surface area contributed by atoms with Crippen molar-refractivity contribution in [3.63, 3.8) is 0 Å². The lowest BCUT2D eigenvalue weighted by Gasteiger charge is -2.01. The molecule has 0 atom stereocenters. The van der Waals surface area contributed by atoms with E-state index in [2.05, 4.69) is 15.0 Å². The summed E-state index contributed by atoms with van der Waals surface area (Å²) in [5.74, 6) is 0.0946. The van der Waals surface area contributed by atoms with Crippen LogP contribution < -0.4 is 4.74 Å². The van der Waals surface area contributed by atoms with Crippen LogP contribution in [0.4, 0.5) is 4.39 Å². The minimum absolute atomic E-state index is 0.281. The molecule has 0 aromatic carbocycles. The molecule has 7 heteroatoms. The van der Waals surface area contributed by atoms with E-state index in [1.165, 1.54) is 6.07 Å². The SMILES string of the molecule is COc1nc(C)cn2cc(-c3cn4cc(C)cc(F)c4n3)nc12. The maximum absolute atomic E-state index is 14.0. The monoisotopic (exact) mass is 311 g/mol. The number of hydrogen-bond acceptors (Lipinski definition) is 4. The molecule has 4 heterocycles. The van der Waals surface area contributed by atoms with Crippen LogP contribution in [0.2, 0.25) is 0 Å². The molecule has 0 unspecified atom stereocenters. The minimum atomic E-state index is -0.352. The third kappa shape index (κ3) is 2.12. The van der Waals surface area contributed by atoms with Gasteiger partial charge in [0.25, 0.3) is 5.88 Å². The second-order valence-corrected chi connectivity index (χ2v) is 5.47. The van der Waals surface area contributed by atoms with E-state index in [-0.39, 0.29) is 11.5 Å². The van der Waals surface area contributed by atoms with Crippen LogP contribution in [0.15, 0.2) is 30.9 Å². The third-order valence-corrected chi connectivity index (χ3v) is 3.63. The number of fused-ring (bicyclic) bond motifs is 2. The zero-order valence-electron chi connectivity index (χ0n) is 12.9. The van der Waals surface area contributed by atoms with Crippen molar-refractivity contribution in [2.75, 3.05) is 7.11 Å². The summed E-state index contributed by atoms with van der Waals surface area (Å²) in [4.78, 5) is 13.2. The average molecular weight is 311 g/mol. The number of aryl methyl sites for hydroxylation is 2. The van der Waals surface area contributed by atoms with E-state index >= 15 is 0 Å². The fourth-order valence-electron chi connectivity index (χ4n) is 2.66. The summed E-state index contributed by atoms with van der Waals surface area (Å²) in [6.45, 7) is 3.72. The number of hydrogen-bond donors (Lipinski definition) is 0. The Bertz CT molecular complexity index is 1050. The highest BCUT2D eigenvalue weighted by Crippen LogP contribution is 2.24. The van der Waals surface area contributed by atoms with Gasteiger partial charge in [-0.3, -0.25) is 0 Å². The second kappa shape index (κ2) is 4.77. The van der Waals surface area contributed by atoms with Crippen molar-refractivity contribution in [2.45, 2.75) is 13.8 Å². The molecular formula is C16H14FN5O. The molecule has 0 aliphatic heterocycles. The summed E-state index contributed by atoms with van der Waals surface area (Å²) in [6.07, 6.45) is 7.28. The standard InChI is InChI=1S/C16H14FN5O/c1-9-4-11(17)14-19-12(7-21(14)5-9)13-8-22-6-10(2)18-16(23-3)15(22)20-13/h4-8H,1-3H3. The minimum Gasteiger partial charge on any atom is -0.478 e. The number of aromatic nitrogens is 5. The number of imidazole rings is 2. The van der Waals surface area contributed by atoms with Crippen molar-refractivity contribution in [3.8, 4) is 17.3 Å². The first kappa shape index (κ1) is 13.7. The smallest absolute Gasteiger partial charge is 0.258 e. The summed E-state index contributed by atoms with van der Waals surface area (Å²) in [6, 6.07) is 1.46. The predicted octanol–water partition coefficient (Wildman–Crippen LogP) is 2.81. The van der Waals surface area contributed by atoms with Gasteiger partial charge in [0.1, 0.15) is 11.4 Å². The van der Waals surface area contributed by atoms with Crippen LogP contribution in [0.5, 0.6) is 5.88 Å². The van der Waals surface area contributed by atoms with Crippen molar-refractivity contribution >= 4 is 11.3 Å². The first-order valence-electron chi connectivity index (χ1n) is 7.11. The number of rotatable bonds is 2. The Kier molecular flexibility index (Phi) is 2.84. The molecule has 23 heavy (non-hydrogen) atoms. The molecular weight excluding hydrogens is 297 g/mol. The van der Waals surface area contributed by atoms with Crippen LogP contribution in [-0.2, 0) is 0 Å². The van der Waals surface area contributed by atoms with E-state index < -0.39 is 0 Å². The van der Waals surface area contributed by atoms with Crippen molar-refractivity contribution in [3.05, 3.63) is 47.9 Å². The third-order valence-electron chi connectivity index (χ3n) is 3.63. The van der Waals surface area contributed by atoms with Crippen molar-refractivity contribution in [2.24, 2.45) is 0 Å². The predicted molar refractivity (Wildman–Crippen MR) is 83.2 cm³/mol. The molecule has 0 bridgehead atoms. The molecule has 0 aliphatic rings. The summed E-state index contributed by atoms with van der Waals surface area (Å²) in [7, 11) is 1.55. The summed E-state index contributed by atoms with van der Waals surface area (Å²) < 4.78 is 22.8. The lowest BCUT2D eigenvalue weighted by Crippen LogP contribution is -1.95. The Labute approximate surface area is 131 Å². The fraction of sp³-hybridized carbons (Fsp3) is 0.188. The van der Waals surface area contributed by atoms with Gasteiger partial charge in [0, 0.05) is 24.8 Å². The Morgan fingerprint density at radius 1 is 0.913 bits per heavy atom. The van der Waals surface area contributed by atoms with Gasteiger partial charge in [-0.25, -0.2) is 19.3 Å². The van der Waals surface area contributed by atoms with Crippen molar-refractivity contribution < 1.29 is 9.13 Å². The Morgan fingerprint density at radius 3 is 2.26 bits per heavy atom. The molecule has 0 fully saturated rings. The van der Waals surface area contributed by atoms with E-state index in [9.17, 15) is 4.39 Å². The molecule has 0 spiro atoms. The molecule has 0 N–H and O–H groups in total. The molecule has 0 aliphatic carbocycles. The molecule has 0 saturated carbocycles. The summed E-state index contributed by atoms with van der Waals surface area (Å²) in [5, 5.41) is 0. The number of ether oxygens (including phenoxy) is 1. The first-order chi connectivity index (χ1) is 11.0. The first-order valence-corrected chi connectivity index (χ1v) is 7.11. The Hall–Kier alpha value is -2.96. The van der Waals surface area contributed by atoms with Gasteiger partial charge in [0.2, 0.25) is 5.65 Å². The Morgan fingerprint density at radius 2 is 1.57 bits per heavy atom. The number of methoxy groups -OCH3 is 1. The molecule has 4 aromatic rings. The number of halogens is 1. The molecule has 0 amide bonds. The quantitative estimate of drug-likeness (QED) is 0.571. The van der Waals surface area contributed by atoms with Gasteiger partial charge in [-0.1, -0.05) is 0 Å². The Balaban J connectivity index is 1.94. The van der Waals surface area contributed by atoms with Gasteiger partial charge in [-0.05, 0) is 25.5 Å². The fourth-order valence-corrected chi connectivity index (χ4v) is 2.66. The van der Waals surface area contributed by atoms with E-state index in [0.29, 0.717) is 22.9 Å². The van der Waals surface area contributed by atoms with E-state index in [0.717, 1.165) is 11.3 Å². The largest absolute Gasteiger partial charge is 0.478 e. The molecule has 6 nitrogen and oxygen atoms in total. The van der Waals surface area contributed by atoms with Gasteiger partial charge in [-0.2, -0.15) is 0 Å². The van der Waals surface area contributed by atoms with Gasteiger partial charge in [-0.15, -0.1) is 0 Å². The van der Waals surface area contributed by atoms with Gasteiger partial charge >= 0.3 is 0 Å². The van der Waals surface area contributed by atoms with Gasteiger partial charge < -0.3 is 13.5 Å². The zero-order valence-corrected chi connectivity index (χ0v) is 12.9. The summed E-state index contributed by atoms with van der Waals surface area (Å²) >= 11 is 0. The molecule has 116 valence electrons. The lowest BCUT2D eigenvalue weighted by atomic mass is 10.3. The van der Waals surface area contributed by atoms with Crippen molar-refractivity contribution in [1.29, 1.82) is 0 Å². The highest BCUT2D eigenvalue weighted by molar-refractivity contribution is 5.64. The van der Waals surface area contributed by atoms with Crippen LogP contribution in [-0.4, -0.2) is 30.9 Å². The van der Waals surface area contributed by atoms with E-state index in [4.69, 9.17) is 4.74 Å². The van der Waals surface area contributed by atoms with Crippen LogP contribution in [0, 0.1) is 19.7 Å². The van der Waals surface area contributed by atoms with Crippen LogP contribution in [0.25, 0.3) is 22.7 Å². The van der Waals surface area contributed by atoms with E-state index in [1.54, 1.807) is 17.7 Å². The topological polar surface area (TPSA) is 56.7 Å². The van der Waals surface area contributed by atoms with Gasteiger partial charge in [0.15, 0.2) is 11.5 Å². The number of pyridine rings is 1. The molecule has 0 saturated heterocycles. The van der Waals surface area contributed by atoms with Crippen LogP contribution >= 0.6 is 0 Å². The van der Waals surface area contributed by atoms with Crippen molar-refractivity contribution in [1.82, 2.24) is 23.8 Å². The summed E-state index contributed by atoms with van der Waals surface area (Å²) in [5.41, 5.74) is 3.76. The zero-order chi connectivity index (χ0) is 16.1. The molecule has 4 aromatic heterocycles. The van der Waals surface area contributed by atoms with Crippen LogP contribution in [0.3, 0.4) is 0 Å². The van der Waals surface area contributed by atoms with Crippen LogP contribution in [0.1, 0.15) is 11.3 Å². The second-order valence-electron chi connectivity index (χ2n) is 5.47.